The lowest BCUT2D eigenvalue weighted by molar-refractivity contribution is -0.326. The minimum Gasteiger partial charge on any atom is -0.465 e. The van der Waals surface area contributed by atoms with Crippen LogP contribution >= 0.6 is 0 Å². The van der Waals surface area contributed by atoms with E-state index >= 15 is 0 Å². The van der Waals surface area contributed by atoms with Crippen molar-refractivity contribution in [3.8, 4) is 0 Å². The van der Waals surface area contributed by atoms with E-state index in [1.165, 1.54) is 0 Å². The second kappa shape index (κ2) is 6.36. The molecule has 0 spiro atoms. The maximum absolute atomic E-state index is 12.0. The highest BCUT2D eigenvalue weighted by Crippen LogP contribution is 2.38. The molecule has 0 radical (unpaired) electrons. The van der Waals surface area contributed by atoms with Gasteiger partial charge >= 0.3 is 12.3 Å². The van der Waals surface area contributed by atoms with Gasteiger partial charge in [-0.15, -0.1) is 13.2 Å². The third-order valence-corrected chi connectivity index (χ3v) is 3.25. The number of esters is 1. The zero-order valence-electron chi connectivity index (χ0n) is 10.7. The molecule has 0 saturated heterocycles. The van der Waals surface area contributed by atoms with Crippen LogP contribution in [0.25, 0.3) is 0 Å². The summed E-state index contributed by atoms with van der Waals surface area (Å²) in [7, 11) is 0. The summed E-state index contributed by atoms with van der Waals surface area (Å²) in [6, 6.07) is 0. The van der Waals surface area contributed by atoms with E-state index in [0.29, 0.717) is 12.8 Å². The summed E-state index contributed by atoms with van der Waals surface area (Å²) >= 11 is 0. The molecule has 1 rings (SSSR count). The Kier molecular flexibility index (Phi) is 5.34. The molecule has 0 N–H and O–H groups in total. The van der Waals surface area contributed by atoms with Crippen molar-refractivity contribution in [3.63, 3.8) is 0 Å². The number of halogens is 3. The van der Waals surface area contributed by atoms with Crippen LogP contribution in [0.15, 0.2) is 0 Å². The van der Waals surface area contributed by atoms with Crippen LogP contribution in [0, 0.1) is 5.41 Å². The van der Waals surface area contributed by atoms with Crippen molar-refractivity contribution in [2.45, 2.75) is 45.4 Å². The van der Waals surface area contributed by atoms with E-state index in [1.54, 1.807) is 6.92 Å². The Hall–Kier alpha value is -1.11. The first kappa shape index (κ1) is 15.9. The van der Waals surface area contributed by atoms with Crippen LogP contribution in [-0.4, -0.2) is 31.3 Å². The molecule has 0 aromatic carbocycles. The number of rotatable bonds is 5. The molecule has 110 valence electrons. The van der Waals surface area contributed by atoms with Gasteiger partial charge in [-0.05, 0) is 26.2 Å². The lowest BCUT2D eigenvalue weighted by atomic mass is 9.71. The van der Waals surface area contributed by atoms with Gasteiger partial charge in [-0.25, -0.2) is 0 Å². The number of hydrogen-bond donors (Lipinski definition) is 0. The van der Waals surface area contributed by atoms with E-state index in [-0.39, 0.29) is 31.7 Å². The van der Waals surface area contributed by atoms with Crippen molar-refractivity contribution < 1.29 is 32.2 Å². The first-order valence-corrected chi connectivity index (χ1v) is 6.23. The monoisotopic (exact) mass is 282 g/mol. The van der Waals surface area contributed by atoms with Gasteiger partial charge in [0.05, 0.1) is 13.2 Å². The summed E-state index contributed by atoms with van der Waals surface area (Å²) in [4.78, 5) is 23.9. The smallest absolute Gasteiger partial charge is 0.465 e. The first-order valence-electron chi connectivity index (χ1n) is 6.23. The minimum absolute atomic E-state index is 0.0913. The van der Waals surface area contributed by atoms with E-state index in [0.717, 1.165) is 0 Å². The Morgan fingerprint density at radius 1 is 1.37 bits per heavy atom. The molecular weight excluding hydrogens is 265 g/mol. The molecule has 0 aromatic heterocycles. The van der Waals surface area contributed by atoms with Gasteiger partial charge in [0, 0.05) is 6.42 Å². The van der Waals surface area contributed by atoms with Crippen molar-refractivity contribution in [2.24, 2.45) is 5.41 Å². The quantitative estimate of drug-likeness (QED) is 0.574. The van der Waals surface area contributed by atoms with Gasteiger partial charge in [0.15, 0.2) is 0 Å². The van der Waals surface area contributed by atoms with Gasteiger partial charge < -0.3 is 4.74 Å². The summed E-state index contributed by atoms with van der Waals surface area (Å²) < 4.78 is 44.4. The van der Waals surface area contributed by atoms with Gasteiger partial charge in [0.25, 0.3) is 0 Å². The summed E-state index contributed by atoms with van der Waals surface area (Å²) in [5, 5.41) is 0. The van der Waals surface area contributed by atoms with Crippen LogP contribution in [0.3, 0.4) is 0 Å². The molecular formula is C12H17F3O4. The number of Topliss-reactive ketones (excluding diaryl/α,β-unsaturated/α-hetero) is 1. The average Bonchev–Trinajstić information content (AvgIpc) is 2.30. The first-order chi connectivity index (χ1) is 8.82. The van der Waals surface area contributed by atoms with Gasteiger partial charge in [0.1, 0.15) is 11.2 Å². The summed E-state index contributed by atoms with van der Waals surface area (Å²) in [5.74, 6) is -1.08. The van der Waals surface area contributed by atoms with E-state index < -0.39 is 24.4 Å². The molecule has 1 fully saturated rings. The van der Waals surface area contributed by atoms with Crippen LogP contribution in [0.1, 0.15) is 39.0 Å². The standard InChI is InChI=1S/C12H17F3O4/c1-2-18-10(17)11(6-4-3-5-9(11)16)7-8-19-12(13,14)15/h2-8H2,1H3. The third kappa shape index (κ3) is 4.19. The Morgan fingerprint density at radius 3 is 2.58 bits per heavy atom. The van der Waals surface area contributed by atoms with Crippen LogP contribution in [0.5, 0.6) is 0 Å². The van der Waals surface area contributed by atoms with Gasteiger partial charge in [0.2, 0.25) is 0 Å². The number of carbonyl (C=O) groups is 2. The molecule has 0 bridgehead atoms. The highest BCUT2D eigenvalue weighted by Gasteiger charge is 2.48. The summed E-state index contributed by atoms with van der Waals surface area (Å²) in [6.45, 7) is 0.965. The minimum atomic E-state index is -4.76. The maximum Gasteiger partial charge on any atom is 0.522 e. The van der Waals surface area contributed by atoms with Crippen molar-refractivity contribution >= 4 is 11.8 Å². The normalized spacial score (nSPS) is 24.3. The van der Waals surface area contributed by atoms with Crippen LogP contribution in [0.2, 0.25) is 0 Å². The van der Waals surface area contributed by atoms with Gasteiger partial charge in [-0.3, -0.25) is 14.3 Å². The molecule has 1 unspecified atom stereocenters. The molecule has 1 aliphatic rings. The highest BCUT2D eigenvalue weighted by atomic mass is 19.4. The number of hydrogen-bond acceptors (Lipinski definition) is 4. The lowest BCUT2D eigenvalue weighted by Gasteiger charge is -2.33. The predicted octanol–water partition coefficient (Wildman–Crippen LogP) is 2.61. The van der Waals surface area contributed by atoms with Crippen molar-refractivity contribution in [1.82, 2.24) is 0 Å². The molecule has 0 aliphatic heterocycles. The van der Waals surface area contributed by atoms with Crippen molar-refractivity contribution in [2.75, 3.05) is 13.2 Å². The predicted molar refractivity (Wildman–Crippen MR) is 59.2 cm³/mol. The van der Waals surface area contributed by atoms with E-state index in [2.05, 4.69) is 4.74 Å². The van der Waals surface area contributed by atoms with E-state index in [9.17, 15) is 22.8 Å². The fourth-order valence-corrected chi connectivity index (χ4v) is 2.28. The molecule has 0 amide bonds. The zero-order chi connectivity index (χ0) is 14.5. The van der Waals surface area contributed by atoms with E-state index in [4.69, 9.17) is 4.74 Å². The highest BCUT2D eigenvalue weighted by molar-refractivity contribution is 6.04. The number of alkyl halides is 3. The Labute approximate surface area is 109 Å². The second-order valence-electron chi connectivity index (χ2n) is 4.48. The molecule has 4 nitrogen and oxygen atoms in total. The maximum atomic E-state index is 12.0. The molecule has 7 heteroatoms. The Balaban J connectivity index is 2.74. The van der Waals surface area contributed by atoms with Gasteiger partial charge in [-0.2, -0.15) is 0 Å². The van der Waals surface area contributed by atoms with Crippen LogP contribution in [-0.2, 0) is 19.1 Å². The fourth-order valence-electron chi connectivity index (χ4n) is 2.28. The van der Waals surface area contributed by atoms with E-state index in [1.807, 2.05) is 0 Å². The Morgan fingerprint density at radius 2 is 2.05 bits per heavy atom. The largest absolute Gasteiger partial charge is 0.522 e. The fraction of sp³-hybridized carbons (Fsp3) is 0.833. The third-order valence-electron chi connectivity index (χ3n) is 3.25. The molecule has 0 heterocycles. The number of ether oxygens (including phenoxy) is 2. The van der Waals surface area contributed by atoms with Crippen LogP contribution < -0.4 is 0 Å². The number of carbonyl (C=O) groups excluding carboxylic acids is 2. The topological polar surface area (TPSA) is 52.6 Å². The molecule has 1 aliphatic carbocycles. The van der Waals surface area contributed by atoms with Gasteiger partial charge in [-0.1, -0.05) is 6.42 Å². The van der Waals surface area contributed by atoms with Crippen molar-refractivity contribution in [1.29, 1.82) is 0 Å². The van der Waals surface area contributed by atoms with Crippen molar-refractivity contribution in [3.05, 3.63) is 0 Å². The Bertz CT molecular complexity index is 340. The number of ketones is 1. The molecule has 1 atom stereocenters. The average molecular weight is 282 g/mol. The zero-order valence-corrected chi connectivity index (χ0v) is 10.7. The SMILES string of the molecule is CCOC(=O)C1(CCOC(F)(F)F)CCCCC1=O. The van der Waals surface area contributed by atoms with Crippen LogP contribution in [0.4, 0.5) is 13.2 Å². The molecule has 1 saturated carbocycles. The summed E-state index contributed by atoms with van der Waals surface area (Å²) in [6.07, 6.45) is -3.34. The second-order valence-corrected chi connectivity index (χ2v) is 4.48. The summed E-state index contributed by atoms with van der Waals surface area (Å²) in [5.41, 5.74) is -1.46. The lowest BCUT2D eigenvalue weighted by Crippen LogP contribution is -2.44. The molecule has 19 heavy (non-hydrogen) atoms. The molecule has 0 aromatic rings.